The molecule has 4 heterocycles. The van der Waals surface area contributed by atoms with Crippen LogP contribution in [0.2, 0.25) is 0 Å². The molecule has 3 aromatic heterocycles. The van der Waals surface area contributed by atoms with E-state index in [1.165, 1.54) is 0 Å². The van der Waals surface area contributed by atoms with Crippen molar-refractivity contribution in [2.24, 2.45) is 7.05 Å². The number of anilines is 3. The number of fused-ring (bicyclic) bond motifs is 1. The third kappa shape index (κ3) is 2.90. The molecule has 1 saturated heterocycles. The highest BCUT2D eigenvalue weighted by atomic mass is 19.1. The quantitative estimate of drug-likeness (QED) is 0.783. The normalized spacial score (nSPS) is 17.8. The lowest BCUT2D eigenvalue weighted by Crippen LogP contribution is -2.23. The number of imidazole rings is 1. The average Bonchev–Trinajstić information content (AvgIpc) is 3.27. The van der Waals surface area contributed by atoms with Crippen LogP contribution in [0, 0.1) is 0 Å². The summed E-state index contributed by atoms with van der Waals surface area (Å²) in [6.07, 6.45) is 5.03. The summed E-state index contributed by atoms with van der Waals surface area (Å²) in [5.74, 6) is 1.14. The summed E-state index contributed by atoms with van der Waals surface area (Å²) in [7, 11) is 1.85. The molecule has 1 N–H and O–H groups in total. The Labute approximate surface area is 144 Å². The number of nitrogens with zero attached hydrogens (tertiary/aromatic N) is 7. The Morgan fingerprint density at radius 3 is 2.80 bits per heavy atom. The molecule has 0 saturated carbocycles. The Morgan fingerprint density at radius 1 is 1.32 bits per heavy atom. The number of aromatic nitrogens is 6. The standard InChI is InChI=1S/C16H21FN8/c1-10(2)25-9-18-13-14(20-12-6-19-23(3)8-12)21-16(22-15(13)25)24-5-4-11(17)7-24/h6,8-11H,4-5,7H2,1-3H3,(H,20,21,22)/t11-/m0/s1. The summed E-state index contributed by atoms with van der Waals surface area (Å²) < 4.78 is 17.3. The maximum atomic E-state index is 13.6. The Kier molecular flexibility index (Phi) is 3.78. The first-order valence-corrected chi connectivity index (χ1v) is 8.40. The first-order chi connectivity index (χ1) is 12.0. The van der Waals surface area contributed by atoms with Crippen molar-refractivity contribution in [1.29, 1.82) is 0 Å². The number of hydrogen-bond acceptors (Lipinski definition) is 6. The second kappa shape index (κ2) is 5.98. The van der Waals surface area contributed by atoms with E-state index in [2.05, 4.69) is 39.2 Å². The molecule has 0 aromatic carbocycles. The van der Waals surface area contributed by atoms with Crippen molar-refractivity contribution in [2.45, 2.75) is 32.5 Å². The fourth-order valence-electron chi connectivity index (χ4n) is 3.03. The van der Waals surface area contributed by atoms with Gasteiger partial charge in [0.05, 0.1) is 24.8 Å². The van der Waals surface area contributed by atoms with E-state index < -0.39 is 6.17 Å². The number of hydrogen-bond donors (Lipinski definition) is 1. The van der Waals surface area contributed by atoms with Gasteiger partial charge in [0.15, 0.2) is 17.0 Å². The van der Waals surface area contributed by atoms with Crippen molar-refractivity contribution >= 4 is 28.6 Å². The zero-order valence-electron chi connectivity index (χ0n) is 14.5. The van der Waals surface area contributed by atoms with Crippen molar-refractivity contribution in [3.05, 3.63) is 18.7 Å². The van der Waals surface area contributed by atoms with Crippen LogP contribution in [0.15, 0.2) is 18.7 Å². The topological polar surface area (TPSA) is 76.7 Å². The Bertz CT molecular complexity index is 899. The largest absolute Gasteiger partial charge is 0.338 e. The van der Waals surface area contributed by atoms with Crippen molar-refractivity contribution in [1.82, 2.24) is 29.3 Å². The van der Waals surface area contributed by atoms with Gasteiger partial charge in [-0.1, -0.05) is 0 Å². The molecule has 9 heteroatoms. The molecule has 0 spiro atoms. The van der Waals surface area contributed by atoms with Gasteiger partial charge in [0.25, 0.3) is 0 Å². The van der Waals surface area contributed by atoms with Crippen LogP contribution in [0.5, 0.6) is 0 Å². The number of aryl methyl sites for hydroxylation is 1. The van der Waals surface area contributed by atoms with E-state index in [0.29, 0.717) is 36.8 Å². The highest BCUT2D eigenvalue weighted by Crippen LogP contribution is 2.28. The second-order valence-electron chi connectivity index (χ2n) is 6.65. The molecule has 1 atom stereocenters. The maximum absolute atomic E-state index is 13.6. The van der Waals surface area contributed by atoms with Crippen LogP contribution in [0.25, 0.3) is 11.2 Å². The Hall–Kier alpha value is -2.71. The molecule has 25 heavy (non-hydrogen) atoms. The lowest BCUT2D eigenvalue weighted by Gasteiger charge is -2.17. The van der Waals surface area contributed by atoms with Crippen LogP contribution >= 0.6 is 0 Å². The lowest BCUT2D eigenvalue weighted by atomic mass is 10.3. The molecule has 1 aliphatic rings. The van der Waals surface area contributed by atoms with Gasteiger partial charge in [-0.2, -0.15) is 15.1 Å². The maximum Gasteiger partial charge on any atom is 0.229 e. The van der Waals surface area contributed by atoms with E-state index >= 15 is 0 Å². The molecule has 0 amide bonds. The van der Waals surface area contributed by atoms with Gasteiger partial charge in [0.1, 0.15) is 6.17 Å². The number of rotatable bonds is 4. The molecular weight excluding hydrogens is 323 g/mol. The monoisotopic (exact) mass is 344 g/mol. The van der Waals surface area contributed by atoms with Gasteiger partial charge in [-0.3, -0.25) is 4.68 Å². The van der Waals surface area contributed by atoms with Gasteiger partial charge in [-0.25, -0.2) is 9.37 Å². The third-order valence-corrected chi connectivity index (χ3v) is 4.35. The summed E-state index contributed by atoms with van der Waals surface area (Å²) in [6, 6.07) is 0.214. The molecule has 0 aliphatic carbocycles. The van der Waals surface area contributed by atoms with E-state index in [-0.39, 0.29) is 6.04 Å². The van der Waals surface area contributed by atoms with Crippen LogP contribution in [0.3, 0.4) is 0 Å². The van der Waals surface area contributed by atoms with Gasteiger partial charge in [-0.15, -0.1) is 0 Å². The summed E-state index contributed by atoms with van der Waals surface area (Å²) in [5.41, 5.74) is 2.25. The van der Waals surface area contributed by atoms with Crippen LogP contribution in [0.4, 0.5) is 21.8 Å². The number of halogens is 1. The van der Waals surface area contributed by atoms with Crippen molar-refractivity contribution < 1.29 is 4.39 Å². The molecule has 132 valence electrons. The van der Waals surface area contributed by atoms with Gasteiger partial charge in [0.2, 0.25) is 5.95 Å². The van der Waals surface area contributed by atoms with E-state index in [4.69, 9.17) is 0 Å². The number of nitrogens with one attached hydrogen (secondary N) is 1. The summed E-state index contributed by atoms with van der Waals surface area (Å²) >= 11 is 0. The van der Waals surface area contributed by atoms with Gasteiger partial charge < -0.3 is 14.8 Å². The zero-order chi connectivity index (χ0) is 17.6. The molecular formula is C16H21FN8. The van der Waals surface area contributed by atoms with E-state index in [1.807, 2.05) is 22.7 Å². The fraction of sp³-hybridized carbons (Fsp3) is 0.500. The van der Waals surface area contributed by atoms with E-state index in [0.717, 1.165) is 11.3 Å². The molecule has 3 aromatic rings. The van der Waals surface area contributed by atoms with E-state index in [9.17, 15) is 4.39 Å². The predicted octanol–water partition coefficient (Wildman–Crippen LogP) is 2.43. The third-order valence-electron chi connectivity index (χ3n) is 4.35. The molecule has 0 radical (unpaired) electrons. The van der Waals surface area contributed by atoms with Crippen molar-refractivity contribution in [3.63, 3.8) is 0 Å². The average molecular weight is 344 g/mol. The van der Waals surface area contributed by atoms with E-state index in [1.54, 1.807) is 17.2 Å². The van der Waals surface area contributed by atoms with Gasteiger partial charge >= 0.3 is 0 Å². The smallest absolute Gasteiger partial charge is 0.229 e. The van der Waals surface area contributed by atoms with Crippen molar-refractivity contribution in [3.8, 4) is 0 Å². The highest BCUT2D eigenvalue weighted by molar-refractivity contribution is 5.86. The van der Waals surface area contributed by atoms with Crippen LogP contribution in [-0.4, -0.2) is 48.6 Å². The summed E-state index contributed by atoms with van der Waals surface area (Å²) in [4.78, 5) is 15.7. The van der Waals surface area contributed by atoms with Crippen molar-refractivity contribution in [2.75, 3.05) is 23.3 Å². The molecule has 4 rings (SSSR count). The highest BCUT2D eigenvalue weighted by Gasteiger charge is 2.26. The van der Waals surface area contributed by atoms with Gasteiger partial charge in [0, 0.05) is 25.8 Å². The van der Waals surface area contributed by atoms with Gasteiger partial charge in [-0.05, 0) is 20.3 Å². The molecule has 1 fully saturated rings. The predicted molar refractivity (Wildman–Crippen MR) is 93.9 cm³/mol. The molecule has 1 aliphatic heterocycles. The minimum Gasteiger partial charge on any atom is -0.338 e. The Balaban J connectivity index is 1.81. The first-order valence-electron chi connectivity index (χ1n) is 8.40. The van der Waals surface area contributed by atoms with Crippen LogP contribution in [0.1, 0.15) is 26.3 Å². The molecule has 0 unspecified atom stereocenters. The molecule has 0 bridgehead atoms. The minimum atomic E-state index is -0.830. The zero-order valence-corrected chi connectivity index (χ0v) is 14.5. The lowest BCUT2D eigenvalue weighted by molar-refractivity contribution is 0.364. The van der Waals surface area contributed by atoms with Crippen LogP contribution < -0.4 is 10.2 Å². The minimum absolute atomic E-state index is 0.214. The number of alkyl halides is 1. The SMILES string of the molecule is CC(C)n1cnc2c(Nc3cnn(C)c3)nc(N3CC[C@H](F)C3)nc21. The summed E-state index contributed by atoms with van der Waals surface area (Å²) in [5, 5.41) is 7.43. The fourth-order valence-corrected chi connectivity index (χ4v) is 3.03. The Morgan fingerprint density at radius 2 is 2.16 bits per heavy atom. The second-order valence-corrected chi connectivity index (χ2v) is 6.65. The first kappa shape index (κ1) is 15.8. The molecule has 8 nitrogen and oxygen atoms in total. The summed E-state index contributed by atoms with van der Waals surface area (Å²) in [6.45, 7) is 5.09. The van der Waals surface area contributed by atoms with Crippen LogP contribution in [-0.2, 0) is 7.05 Å².